The van der Waals surface area contributed by atoms with E-state index in [2.05, 4.69) is 0 Å². The molecule has 0 unspecified atom stereocenters. The molecule has 1 aromatic carbocycles. The summed E-state index contributed by atoms with van der Waals surface area (Å²) in [7, 11) is -2.54. The van der Waals surface area contributed by atoms with Gasteiger partial charge in [0, 0.05) is 13.7 Å². The molecule has 0 aliphatic rings. The Kier molecular flexibility index (Phi) is 5.58. The van der Waals surface area contributed by atoms with E-state index in [0.29, 0.717) is 19.1 Å². The van der Waals surface area contributed by atoms with Crippen molar-refractivity contribution in [3.63, 3.8) is 0 Å². The van der Waals surface area contributed by atoms with Gasteiger partial charge in [0.1, 0.15) is 16.3 Å². The SMILES string of the molecule is COCCCCS(=O)(=O)c1ccc(F)c(C(=O)O)c1F. The summed E-state index contributed by atoms with van der Waals surface area (Å²) < 4.78 is 55.6. The minimum absolute atomic E-state index is 0.232. The molecule has 20 heavy (non-hydrogen) atoms. The molecule has 0 atom stereocenters. The minimum atomic E-state index is -4.00. The van der Waals surface area contributed by atoms with Crippen LogP contribution < -0.4 is 0 Å². The average Bonchev–Trinajstić information content (AvgIpc) is 2.34. The third-order valence-electron chi connectivity index (χ3n) is 2.62. The molecule has 0 amide bonds. The molecule has 0 spiro atoms. The highest BCUT2D eigenvalue weighted by molar-refractivity contribution is 7.91. The second kappa shape index (κ2) is 6.76. The van der Waals surface area contributed by atoms with E-state index in [0.717, 1.165) is 6.07 Å². The standard InChI is InChI=1S/C12H14F2O5S/c1-19-6-2-3-7-20(17,18)9-5-4-8(13)10(11(9)14)12(15)16/h4-5H,2-3,6-7H2,1H3,(H,15,16). The molecule has 8 heteroatoms. The summed E-state index contributed by atoms with van der Waals surface area (Å²) in [5, 5.41) is 8.69. The minimum Gasteiger partial charge on any atom is -0.477 e. The highest BCUT2D eigenvalue weighted by atomic mass is 32.2. The molecule has 0 saturated heterocycles. The molecular weight excluding hydrogens is 294 g/mol. The first-order valence-corrected chi connectivity index (χ1v) is 7.39. The first-order chi connectivity index (χ1) is 9.31. The van der Waals surface area contributed by atoms with Crippen LogP contribution in [0.3, 0.4) is 0 Å². The van der Waals surface area contributed by atoms with Gasteiger partial charge in [0.25, 0.3) is 0 Å². The number of aromatic carboxylic acids is 1. The molecule has 0 heterocycles. The van der Waals surface area contributed by atoms with Gasteiger partial charge in [0.05, 0.1) is 5.75 Å². The van der Waals surface area contributed by atoms with Crippen molar-refractivity contribution in [2.24, 2.45) is 0 Å². The van der Waals surface area contributed by atoms with Gasteiger partial charge in [-0.15, -0.1) is 0 Å². The van der Waals surface area contributed by atoms with Gasteiger partial charge in [-0.25, -0.2) is 22.0 Å². The van der Waals surface area contributed by atoms with E-state index >= 15 is 0 Å². The summed E-state index contributed by atoms with van der Waals surface area (Å²) in [6, 6.07) is 1.37. The molecule has 1 aromatic rings. The van der Waals surface area contributed by atoms with E-state index in [1.54, 1.807) is 0 Å². The van der Waals surface area contributed by atoms with Crippen molar-refractivity contribution in [1.29, 1.82) is 0 Å². The maximum absolute atomic E-state index is 13.8. The average molecular weight is 308 g/mol. The Morgan fingerprint density at radius 2 is 1.95 bits per heavy atom. The Labute approximate surface area is 115 Å². The molecule has 0 aliphatic carbocycles. The fourth-order valence-electron chi connectivity index (χ4n) is 1.62. The quantitative estimate of drug-likeness (QED) is 0.614. The van der Waals surface area contributed by atoms with Gasteiger partial charge < -0.3 is 9.84 Å². The third kappa shape index (κ3) is 3.73. The monoisotopic (exact) mass is 308 g/mol. The number of unbranched alkanes of at least 4 members (excludes halogenated alkanes) is 1. The maximum Gasteiger partial charge on any atom is 0.341 e. The van der Waals surface area contributed by atoms with Crippen molar-refractivity contribution in [3.05, 3.63) is 29.3 Å². The first kappa shape index (κ1) is 16.5. The van der Waals surface area contributed by atoms with E-state index in [1.165, 1.54) is 7.11 Å². The highest BCUT2D eigenvalue weighted by Crippen LogP contribution is 2.22. The van der Waals surface area contributed by atoms with Crippen LogP contribution in [0.1, 0.15) is 23.2 Å². The number of carboxylic acids is 1. The number of ether oxygens (including phenoxy) is 1. The Bertz CT molecular complexity index is 598. The molecule has 0 fully saturated rings. The molecule has 0 aliphatic heterocycles. The molecule has 1 rings (SSSR count). The van der Waals surface area contributed by atoms with E-state index < -0.39 is 37.9 Å². The summed E-state index contributed by atoms with van der Waals surface area (Å²) >= 11 is 0. The van der Waals surface area contributed by atoms with Gasteiger partial charge in [-0.2, -0.15) is 0 Å². The first-order valence-electron chi connectivity index (χ1n) is 5.74. The van der Waals surface area contributed by atoms with Crippen LogP contribution in [0.4, 0.5) is 8.78 Å². The topological polar surface area (TPSA) is 80.7 Å². The van der Waals surface area contributed by atoms with Crippen molar-refractivity contribution in [3.8, 4) is 0 Å². The normalized spacial score (nSPS) is 11.6. The van der Waals surface area contributed by atoms with E-state index in [9.17, 15) is 22.0 Å². The lowest BCUT2D eigenvalue weighted by Crippen LogP contribution is -2.14. The number of hydrogen-bond donors (Lipinski definition) is 1. The summed E-state index contributed by atoms with van der Waals surface area (Å²) in [5.41, 5.74) is -1.26. The molecule has 112 valence electrons. The number of carboxylic acid groups (broad SMARTS) is 1. The van der Waals surface area contributed by atoms with Gasteiger partial charge in [0.15, 0.2) is 15.7 Å². The van der Waals surface area contributed by atoms with Crippen molar-refractivity contribution in [2.45, 2.75) is 17.7 Å². The zero-order valence-corrected chi connectivity index (χ0v) is 11.5. The van der Waals surface area contributed by atoms with Crippen molar-refractivity contribution >= 4 is 15.8 Å². The van der Waals surface area contributed by atoms with Gasteiger partial charge in [-0.1, -0.05) is 0 Å². The lowest BCUT2D eigenvalue weighted by molar-refractivity contribution is 0.0685. The van der Waals surface area contributed by atoms with E-state index in [-0.39, 0.29) is 12.2 Å². The summed E-state index contributed by atoms with van der Waals surface area (Å²) in [6.45, 7) is 0.363. The Morgan fingerprint density at radius 3 is 2.50 bits per heavy atom. The Morgan fingerprint density at radius 1 is 1.30 bits per heavy atom. The number of hydrogen-bond acceptors (Lipinski definition) is 4. The molecule has 0 aromatic heterocycles. The smallest absolute Gasteiger partial charge is 0.341 e. The largest absolute Gasteiger partial charge is 0.477 e. The van der Waals surface area contributed by atoms with Gasteiger partial charge in [-0.05, 0) is 25.0 Å². The predicted molar refractivity (Wildman–Crippen MR) is 66.5 cm³/mol. The predicted octanol–water partition coefficient (Wildman–Crippen LogP) is 1.86. The molecule has 0 bridgehead atoms. The van der Waals surface area contributed by atoms with Gasteiger partial charge in [-0.3, -0.25) is 0 Å². The van der Waals surface area contributed by atoms with E-state index in [1.807, 2.05) is 0 Å². The zero-order chi connectivity index (χ0) is 15.3. The highest BCUT2D eigenvalue weighted by Gasteiger charge is 2.26. The summed E-state index contributed by atoms with van der Waals surface area (Å²) in [6.07, 6.45) is 0.694. The van der Waals surface area contributed by atoms with Crippen LogP contribution in [0, 0.1) is 11.6 Å². The molecular formula is C12H14F2O5S. The second-order valence-corrected chi connectivity index (χ2v) is 6.14. The Hall–Kier alpha value is -1.54. The number of carbonyl (C=O) groups is 1. The molecule has 5 nitrogen and oxygen atoms in total. The number of sulfone groups is 1. The van der Waals surface area contributed by atoms with Crippen molar-refractivity contribution in [2.75, 3.05) is 19.5 Å². The van der Waals surface area contributed by atoms with E-state index in [4.69, 9.17) is 9.84 Å². The van der Waals surface area contributed by atoms with Crippen LogP contribution in [0.5, 0.6) is 0 Å². The van der Waals surface area contributed by atoms with Crippen LogP contribution in [0.2, 0.25) is 0 Å². The van der Waals surface area contributed by atoms with Crippen LogP contribution in [-0.4, -0.2) is 39.0 Å². The van der Waals surface area contributed by atoms with Gasteiger partial charge >= 0.3 is 5.97 Å². The molecule has 0 saturated carbocycles. The Balaban J connectivity index is 3.07. The third-order valence-corrected chi connectivity index (χ3v) is 4.43. The molecule has 1 N–H and O–H groups in total. The number of benzene rings is 1. The zero-order valence-electron chi connectivity index (χ0n) is 10.7. The van der Waals surface area contributed by atoms with Gasteiger partial charge in [0.2, 0.25) is 0 Å². The summed E-state index contributed by atoms with van der Waals surface area (Å²) in [4.78, 5) is 9.93. The fourth-order valence-corrected chi connectivity index (χ4v) is 3.07. The lowest BCUT2D eigenvalue weighted by atomic mass is 10.2. The second-order valence-electron chi connectivity index (χ2n) is 4.06. The number of halogens is 2. The summed E-state index contributed by atoms with van der Waals surface area (Å²) in [5.74, 6) is -5.09. The van der Waals surface area contributed by atoms with Crippen LogP contribution in [0.15, 0.2) is 17.0 Å². The lowest BCUT2D eigenvalue weighted by Gasteiger charge is -2.08. The van der Waals surface area contributed by atoms with Crippen molar-refractivity contribution in [1.82, 2.24) is 0 Å². The van der Waals surface area contributed by atoms with Crippen LogP contribution >= 0.6 is 0 Å². The fraction of sp³-hybridized carbons (Fsp3) is 0.417. The molecule has 0 radical (unpaired) electrons. The van der Waals surface area contributed by atoms with Crippen molar-refractivity contribution < 1.29 is 31.8 Å². The van der Waals surface area contributed by atoms with Crippen LogP contribution in [0.25, 0.3) is 0 Å². The van der Waals surface area contributed by atoms with Crippen LogP contribution in [-0.2, 0) is 14.6 Å². The number of rotatable bonds is 7. The number of methoxy groups -OCH3 is 1. The maximum atomic E-state index is 13.8.